The first kappa shape index (κ1) is 15.7. The third-order valence-electron chi connectivity index (χ3n) is 3.60. The van der Waals surface area contributed by atoms with E-state index in [0.717, 1.165) is 37.8 Å². The molecule has 0 saturated heterocycles. The number of hydrogen-bond donors (Lipinski definition) is 2. The van der Waals surface area contributed by atoms with E-state index in [4.69, 9.17) is 10.9 Å². The van der Waals surface area contributed by atoms with E-state index < -0.39 is 15.8 Å². The fourth-order valence-corrected chi connectivity index (χ4v) is 4.19. The molecule has 0 amide bonds. The summed E-state index contributed by atoms with van der Waals surface area (Å²) in [6.07, 6.45) is 3.35. The second kappa shape index (κ2) is 6.40. The number of hydrogen-bond acceptors (Lipinski definition) is 4. The van der Waals surface area contributed by atoms with Crippen LogP contribution in [0.25, 0.3) is 0 Å². The zero-order chi connectivity index (χ0) is 15.5. The van der Waals surface area contributed by atoms with Gasteiger partial charge in [-0.2, -0.15) is 4.31 Å². The van der Waals surface area contributed by atoms with Crippen LogP contribution in [0.15, 0.2) is 34.3 Å². The average Bonchev–Trinajstić information content (AvgIpc) is 2.98. The van der Waals surface area contributed by atoms with Crippen molar-refractivity contribution in [1.29, 1.82) is 0 Å². The Balaban J connectivity index is 2.35. The molecular formula is C13H18FN3O3S. The van der Waals surface area contributed by atoms with Gasteiger partial charge in [0.15, 0.2) is 5.84 Å². The summed E-state index contributed by atoms with van der Waals surface area (Å²) in [6.45, 7) is -0.180. The van der Waals surface area contributed by atoms with Crippen molar-refractivity contribution in [3.63, 3.8) is 0 Å². The Morgan fingerprint density at radius 2 is 1.90 bits per heavy atom. The lowest BCUT2D eigenvalue weighted by atomic mass is 10.2. The predicted octanol–water partition coefficient (Wildman–Crippen LogP) is 1.51. The van der Waals surface area contributed by atoms with Crippen molar-refractivity contribution in [3.05, 3.63) is 30.1 Å². The maximum absolute atomic E-state index is 13.0. The molecule has 0 radical (unpaired) electrons. The van der Waals surface area contributed by atoms with Gasteiger partial charge in [0.2, 0.25) is 10.0 Å². The molecule has 21 heavy (non-hydrogen) atoms. The summed E-state index contributed by atoms with van der Waals surface area (Å²) >= 11 is 0. The van der Waals surface area contributed by atoms with E-state index in [1.165, 1.54) is 16.4 Å². The van der Waals surface area contributed by atoms with E-state index >= 15 is 0 Å². The van der Waals surface area contributed by atoms with E-state index in [1.807, 2.05) is 0 Å². The molecule has 6 nitrogen and oxygen atoms in total. The normalized spacial score (nSPS) is 17.5. The first-order chi connectivity index (χ1) is 9.95. The summed E-state index contributed by atoms with van der Waals surface area (Å²) in [4.78, 5) is 0.00143. The number of benzene rings is 1. The van der Waals surface area contributed by atoms with Gasteiger partial charge in [-0.3, -0.25) is 0 Å². The van der Waals surface area contributed by atoms with Crippen LogP contribution in [0.1, 0.15) is 25.7 Å². The van der Waals surface area contributed by atoms with E-state index in [1.54, 1.807) is 0 Å². The monoisotopic (exact) mass is 315 g/mol. The molecule has 1 fully saturated rings. The highest BCUT2D eigenvalue weighted by Gasteiger charge is 2.33. The van der Waals surface area contributed by atoms with E-state index in [9.17, 15) is 12.8 Å². The highest BCUT2D eigenvalue weighted by atomic mass is 32.2. The number of nitrogens with two attached hydrogens (primary N) is 1. The molecule has 1 aliphatic carbocycles. The van der Waals surface area contributed by atoms with Gasteiger partial charge in [-0.1, -0.05) is 18.0 Å². The van der Waals surface area contributed by atoms with Crippen molar-refractivity contribution in [2.75, 3.05) is 6.54 Å². The van der Waals surface area contributed by atoms with Gasteiger partial charge >= 0.3 is 0 Å². The van der Waals surface area contributed by atoms with Gasteiger partial charge in [-0.15, -0.1) is 0 Å². The van der Waals surface area contributed by atoms with Crippen molar-refractivity contribution in [2.45, 2.75) is 36.6 Å². The molecule has 1 aromatic rings. The van der Waals surface area contributed by atoms with Crippen molar-refractivity contribution in [1.82, 2.24) is 4.31 Å². The number of amidine groups is 1. The summed E-state index contributed by atoms with van der Waals surface area (Å²) in [7, 11) is -3.81. The van der Waals surface area contributed by atoms with Crippen LogP contribution in [0.5, 0.6) is 0 Å². The van der Waals surface area contributed by atoms with Crippen LogP contribution in [-0.4, -0.2) is 36.4 Å². The number of halogens is 1. The Hall–Kier alpha value is -1.67. The molecule has 0 atom stereocenters. The first-order valence-electron chi connectivity index (χ1n) is 6.69. The standard InChI is InChI=1S/C13H18FN3O3S/c14-10-5-7-12(8-6-10)21(19,20)17(9-13(15)16-18)11-3-1-2-4-11/h5-8,11,18H,1-4,9H2,(H2,15,16). The molecule has 8 heteroatoms. The highest BCUT2D eigenvalue weighted by Crippen LogP contribution is 2.28. The Morgan fingerprint density at radius 3 is 2.43 bits per heavy atom. The third kappa shape index (κ3) is 3.51. The molecular weight excluding hydrogens is 297 g/mol. The van der Waals surface area contributed by atoms with Crippen LogP contribution in [0.2, 0.25) is 0 Å². The SMILES string of the molecule is NC(CN(C1CCCC1)S(=O)(=O)c1ccc(F)cc1)=NO. The summed E-state index contributed by atoms with van der Waals surface area (Å²) in [5.74, 6) is -0.676. The van der Waals surface area contributed by atoms with Crippen LogP contribution in [0, 0.1) is 5.82 Å². The van der Waals surface area contributed by atoms with Gasteiger partial charge in [0.05, 0.1) is 11.4 Å². The quantitative estimate of drug-likeness (QED) is 0.372. The van der Waals surface area contributed by atoms with Gasteiger partial charge in [0.25, 0.3) is 0 Å². The largest absolute Gasteiger partial charge is 0.409 e. The van der Waals surface area contributed by atoms with Crippen molar-refractivity contribution < 1.29 is 18.0 Å². The number of rotatable bonds is 5. The molecule has 1 saturated carbocycles. The maximum Gasteiger partial charge on any atom is 0.243 e. The smallest absolute Gasteiger partial charge is 0.243 e. The second-order valence-electron chi connectivity index (χ2n) is 5.03. The molecule has 0 heterocycles. The molecule has 1 aromatic carbocycles. The minimum atomic E-state index is -3.81. The Morgan fingerprint density at radius 1 is 1.33 bits per heavy atom. The van der Waals surface area contributed by atoms with Gasteiger partial charge in [0, 0.05) is 6.04 Å². The Kier molecular flexibility index (Phi) is 4.79. The molecule has 0 bridgehead atoms. The zero-order valence-electron chi connectivity index (χ0n) is 11.4. The van der Waals surface area contributed by atoms with Gasteiger partial charge < -0.3 is 10.9 Å². The summed E-state index contributed by atoms with van der Waals surface area (Å²) in [5, 5.41) is 11.5. The Labute approximate surface area is 123 Å². The third-order valence-corrected chi connectivity index (χ3v) is 5.51. The molecule has 3 N–H and O–H groups in total. The maximum atomic E-state index is 13.0. The molecule has 0 spiro atoms. The number of nitrogens with zero attached hydrogens (tertiary/aromatic N) is 2. The van der Waals surface area contributed by atoms with Gasteiger partial charge in [-0.05, 0) is 37.1 Å². The Bertz CT molecular complexity index is 610. The lowest BCUT2D eigenvalue weighted by Crippen LogP contribution is -2.44. The van der Waals surface area contributed by atoms with Crippen molar-refractivity contribution >= 4 is 15.9 Å². The summed E-state index contributed by atoms with van der Waals surface area (Å²) < 4.78 is 39.6. The first-order valence-corrected chi connectivity index (χ1v) is 8.13. The fraction of sp³-hybridized carbons (Fsp3) is 0.462. The van der Waals surface area contributed by atoms with E-state index in [2.05, 4.69) is 5.16 Å². The van der Waals surface area contributed by atoms with Crippen LogP contribution in [-0.2, 0) is 10.0 Å². The molecule has 0 unspecified atom stereocenters. The molecule has 116 valence electrons. The average molecular weight is 315 g/mol. The number of sulfonamides is 1. The topological polar surface area (TPSA) is 96.0 Å². The fourth-order valence-electron chi connectivity index (χ4n) is 2.54. The lowest BCUT2D eigenvalue weighted by molar-refractivity contribution is 0.308. The zero-order valence-corrected chi connectivity index (χ0v) is 12.3. The van der Waals surface area contributed by atoms with Crippen LogP contribution < -0.4 is 5.73 Å². The lowest BCUT2D eigenvalue weighted by Gasteiger charge is -2.27. The van der Waals surface area contributed by atoms with Crippen molar-refractivity contribution in [2.24, 2.45) is 10.9 Å². The molecule has 2 rings (SSSR count). The van der Waals surface area contributed by atoms with Crippen LogP contribution >= 0.6 is 0 Å². The van der Waals surface area contributed by atoms with Gasteiger partial charge in [-0.25, -0.2) is 12.8 Å². The minimum absolute atomic E-state index is 0.00143. The molecule has 1 aliphatic rings. The highest BCUT2D eigenvalue weighted by molar-refractivity contribution is 7.89. The predicted molar refractivity (Wildman–Crippen MR) is 76.0 cm³/mol. The second-order valence-corrected chi connectivity index (χ2v) is 6.92. The molecule has 0 aromatic heterocycles. The van der Waals surface area contributed by atoms with Crippen molar-refractivity contribution in [3.8, 4) is 0 Å². The minimum Gasteiger partial charge on any atom is -0.409 e. The van der Waals surface area contributed by atoms with E-state index in [-0.39, 0.29) is 23.3 Å². The molecule has 0 aliphatic heterocycles. The number of oxime groups is 1. The van der Waals surface area contributed by atoms with Crippen LogP contribution in [0.4, 0.5) is 4.39 Å². The van der Waals surface area contributed by atoms with Gasteiger partial charge in [0.1, 0.15) is 5.82 Å². The summed E-state index contributed by atoms with van der Waals surface area (Å²) in [5.41, 5.74) is 5.47. The summed E-state index contributed by atoms with van der Waals surface area (Å²) in [6, 6.07) is 4.46. The van der Waals surface area contributed by atoms with Crippen LogP contribution in [0.3, 0.4) is 0 Å². The van der Waals surface area contributed by atoms with E-state index in [0.29, 0.717) is 0 Å².